The minimum Gasteiger partial charge on any atom is -0.309 e. The van der Waals surface area contributed by atoms with Gasteiger partial charge in [0.25, 0.3) is 0 Å². The van der Waals surface area contributed by atoms with Crippen molar-refractivity contribution in [1.29, 1.82) is 0 Å². The molecule has 0 aliphatic rings. The molecule has 19 heavy (non-hydrogen) atoms. The Morgan fingerprint density at radius 1 is 1.26 bits per heavy atom. The zero-order valence-corrected chi connectivity index (χ0v) is 12.0. The van der Waals surface area contributed by atoms with Crippen LogP contribution in [0.1, 0.15) is 16.5 Å². The summed E-state index contributed by atoms with van der Waals surface area (Å²) in [6, 6.07) is 10.4. The van der Waals surface area contributed by atoms with Gasteiger partial charge in [0.05, 0.1) is 11.1 Å². The number of rotatable bonds is 3. The third-order valence-corrected chi connectivity index (χ3v) is 4.64. The smallest absolute Gasteiger partial charge is 0.0689 e. The highest BCUT2D eigenvalue weighted by molar-refractivity contribution is 7.10. The van der Waals surface area contributed by atoms with Crippen molar-refractivity contribution >= 4 is 33.7 Å². The van der Waals surface area contributed by atoms with Crippen molar-refractivity contribution in [2.45, 2.75) is 6.04 Å². The Morgan fingerprint density at radius 2 is 2.16 bits per heavy atom. The van der Waals surface area contributed by atoms with Crippen LogP contribution < -0.4 is 5.32 Å². The van der Waals surface area contributed by atoms with E-state index in [0.717, 1.165) is 15.3 Å². The SMILES string of the molecule is CNC(c1sccc1Cl)c1cccc2cnccc12. The fourth-order valence-corrected chi connectivity index (χ4v) is 3.63. The largest absolute Gasteiger partial charge is 0.309 e. The quantitative estimate of drug-likeness (QED) is 0.779. The minimum absolute atomic E-state index is 0.110. The topological polar surface area (TPSA) is 24.9 Å². The summed E-state index contributed by atoms with van der Waals surface area (Å²) in [6.07, 6.45) is 3.72. The maximum absolute atomic E-state index is 6.27. The van der Waals surface area contributed by atoms with Gasteiger partial charge in [0.2, 0.25) is 0 Å². The van der Waals surface area contributed by atoms with E-state index in [1.165, 1.54) is 10.9 Å². The number of pyridine rings is 1. The van der Waals surface area contributed by atoms with Crippen molar-refractivity contribution in [3.63, 3.8) is 0 Å². The van der Waals surface area contributed by atoms with Gasteiger partial charge in [-0.2, -0.15) is 0 Å². The fraction of sp³-hybridized carbons (Fsp3) is 0.133. The van der Waals surface area contributed by atoms with E-state index in [1.54, 1.807) is 11.3 Å². The molecule has 0 saturated heterocycles. The van der Waals surface area contributed by atoms with Gasteiger partial charge in [-0.3, -0.25) is 4.98 Å². The molecule has 0 amide bonds. The zero-order chi connectivity index (χ0) is 13.2. The first-order valence-electron chi connectivity index (χ1n) is 6.04. The molecular weight excluding hydrogens is 276 g/mol. The average Bonchev–Trinajstić information content (AvgIpc) is 2.86. The monoisotopic (exact) mass is 288 g/mol. The highest BCUT2D eigenvalue weighted by Gasteiger charge is 2.18. The van der Waals surface area contributed by atoms with Crippen molar-refractivity contribution in [2.75, 3.05) is 7.05 Å². The van der Waals surface area contributed by atoms with Crippen LogP contribution in [0.4, 0.5) is 0 Å². The van der Waals surface area contributed by atoms with Crippen LogP contribution in [0, 0.1) is 0 Å². The molecule has 1 atom stereocenters. The summed E-state index contributed by atoms with van der Waals surface area (Å²) in [5.41, 5.74) is 1.23. The van der Waals surface area contributed by atoms with Crippen LogP contribution in [-0.4, -0.2) is 12.0 Å². The molecule has 0 fully saturated rings. The molecule has 1 unspecified atom stereocenters. The lowest BCUT2D eigenvalue weighted by Gasteiger charge is -2.18. The Kier molecular flexibility index (Phi) is 3.51. The summed E-state index contributed by atoms with van der Waals surface area (Å²) in [5.74, 6) is 0. The molecule has 1 N–H and O–H groups in total. The summed E-state index contributed by atoms with van der Waals surface area (Å²) in [6.45, 7) is 0. The molecule has 0 aliphatic heterocycles. The number of nitrogens with zero attached hydrogens (tertiary/aromatic N) is 1. The van der Waals surface area contributed by atoms with Crippen molar-refractivity contribution < 1.29 is 0 Å². The molecule has 2 heterocycles. The Balaban J connectivity index is 2.20. The molecular formula is C15H13ClN2S. The molecule has 0 saturated carbocycles. The zero-order valence-electron chi connectivity index (χ0n) is 10.4. The van der Waals surface area contributed by atoms with Gasteiger partial charge in [0, 0.05) is 22.7 Å². The molecule has 2 aromatic heterocycles. The normalized spacial score (nSPS) is 12.7. The lowest BCUT2D eigenvalue weighted by Crippen LogP contribution is -2.17. The first kappa shape index (κ1) is 12.6. The van der Waals surface area contributed by atoms with Crippen LogP contribution >= 0.6 is 22.9 Å². The number of nitrogens with one attached hydrogen (secondary N) is 1. The molecule has 1 aromatic carbocycles. The van der Waals surface area contributed by atoms with E-state index >= 15 is 0 Å². The number of benzene rings is 1. The Labute approximate surface area is 121 Å². The van der Waals surface area contributed by atoms with Crippen LogP contribution in [0.2, 0.25) is 5.02 Å². The number of hydrogen-bond donors (Lipinski definition) is 1. The fourth-order valence-electron chi connectivity index (χ4n) is 2.34. The highest BCUT2D eigenvalue weighted by atomic mass is 35.5. The van der Waals surface area contributed by atoms with Crippen molar-refractivity contribution in [1.82, 2.24) is 10.3 Å². The Hall–Kier alpha value is -1.42. The Morgan fingerprint density at radius 3 is 2.89 bits per heavy atom. The van der Waals surface area contributed by atoms with Crippen LogP contribution in [-0.2, 0) is 0 Å². The maximum Gasteiger partial charge on any atom is 0.0689 e. The summed E-state index contributed by atoms with van der Waals surface area (Å²) in [4.78, 5) is 5.32. The summed E-state index contributed by atoms with van der Waals surface area (Å²) >= 11 is 7.95. The van der Waals surface area contributed by atoms with E-state index in [1.807, 2.05) is 30.9 Å². The molecule has 0 bridgehead atoms. The third-order valence-electron chi connectivity index (χ3n) is 3.22. The second-order valence-corrected chi connectivity index (χ2v) is 5.65. The van der Waals surface area contributed by atoms with Gasteiger partial charge >= 0.3 is 0 Å². The van der Waals surface area contributed by atoms with Gasteiger partial charge in [-0.1, -0.05) is 29.8 Å². The molecule has 96 valence electrons. The molecule has 0 spiro atoms. The predicted molar refractivity (Wildman–Crippen MR) is 82.0 cm³/mol. The van der Waals surface area contributed by atoms with Gasteiger partial charge in [-0.05, 0) is 35.5 Å². The van der Waals surface area contributed by atoms with E-state index < -0.39 is 0 Å². The molecule has 4 heteroatoms. The number of aromatic nitrogens is 1. The van der Waals surface area contributed by atoms with E-state index in [2.05, 4.69) is 34.6 Å². The highest BCUT2D eigenvalue weighted by Crippen LogP contribution is 2.35. The van der Waals surface area contributed by atoms with Gasteiger partial charge in [-0.15, -0.1) is 11.3 Å². The van der Waals surface area contributed by atoms with E-state index in [0.29, 0.717) is 0 Å². The number of thiophene rings is 1. The second-order valence-electron chi connectivity index (χ2n) is 4.30. The molecule has 3 aromatic rings. The van der Waals surface area contributed by atoms with Gasteiger partial charge in [-0.25, -0.2) is 0 Å². The van der Waals surface area contributed by atoms with E-state index in [9.17, 15) is 0 Å². The number of halogens is 1. The molecule has 0 aliphatic carbocycles. The molecule has 3 rings (SSSR count). The Bertz CT molecular complexity index is 703. The second kappa shape index (κ2) is 5.29. The summed E-state index contributed by atoms with van der Waals surface area (Å²) in [5, 5.41) is 8.55. The van der Waals surface area contributed by atoms with Gasteiger partial charge in [0.1, 0.15) is 0 Å². The summed E-state index contributed by atoms with van der Waals surface area (Å²) < 4.78 is 0. The lowest BCUT2D eigenvalue weighted by molar-refractivity contribution is 0.709. The molecule has 2 nitrogen and oxygen atoms in total. The number of hydrogen-bond acceptors (Lipinski definition) is 3. The average molecular weight is 289 g/mol. The molecule has 0 radical (unpaired) electrons. The van der Waals surface area contributed by atoms with Crippen LogP contribution in [0.15, 0.2) is 48.1 Å². The third kappa shape index (κ3) is 2.25. The van der Waals surface area contributed by atoms with E-state index in [4.69, 9.17) is 11.6 Å². The van der Waals surface area contributed by atoms with Crippen molar-refractivity contribution in [3.05, 3.63) is 63.6 Å². The van der Waals surface area contributed by atoms with Gasteiger partial charge < -0.3 is 5.32 Å². The lowest BCUT2D eigenvalue weighted by atomic mass is 9.99. The number of fused-ring (bicyclic) bond motifs is 1. The minimum atomic E-state index is 0.110. The van der Waals surface area contributed by atoms with Crippen LogP contribution in [0.5, 0.6) is 0 Å². The van der Waals surface area contributed by atoms with Crippen molar-refractivity contribution in [2.24, 2.45) is 0 Å². The van der Waals surface area contributed by atoms with E-state index in [-0.39, 0.29) is 6.04 Å². The predicted octanol–water partition coefficient (Wildman–Crippen LogP) is 4.26. The van der Waals surface area contributed by atoms with Crippen molar-refractivity contribution in [3.8, 4) is 0 Å². The first-order valence-corrected chi connectivity index (χ1v) is 7.30. The van der Waals surface area contributed by atoms with Crippen LogP contribution in [0.3, 0.4) is 0 Å². The summed E-state index contributed by atoms with van der Waals surface area (Å²) in [7, 11) is 1.96. The maximum atomic E-state index is 6.27. The van der Waals surface area contributed by atoms with Gasteiger partial charge in [0.15, 0.2) is 0 Å². The first-order chi connectivity index (χ1) is 9.31. The van der Waals surface area contributed by atoms with Crippen LogP contribution in [0.25, 0.3) is 10.8 Å². The standard InChI is InChI=1S/C15H13ClN2S/c1-17-14(15-13(16)6-8-19-15)12-4-2-3-10-9-18-7-5-11(10)12/h2-9,14,17H,1H3.